The lowest BCUT2D eigenvalue weighted by atomic mass is 10.1. The average Bonchev–Trinajstić information content (AvgIpc) is 3.00. The minimum Gasteiger partial charge on any atom is -0.336 e. The highest BCUT2D eigenvalue weighted by molar-refractivity contribution is 7.09. The first kappa shape index (κ1) is 11.5. The van der Waals surface area contributed by atoms with Gasteiger partial charge in [0.2, 0.25) is 0 Å². The van der Waals surface area contributed by atoms with Crippen LogP contribution in [0.5, 0.6) is 0 Å². The highest BCUT2D eigenvalue weighted by Crippen LogP contribution is 2.34. The molecule has 16 heavy (non-hydrogen) atoms. The van der Waals surface area contributed by atoms with Crippen molar-refractivity contribution in [1.29, 1.82) is 0 Å². The van der Waals surface area contributed by atoms with Gasteiger partial charge in [-0.15, -0.1) is 11.3 Å². The third-order valence-electron chi connectivity index (χ3n) is 3.06. The molecule has 1 aromatic rings. The topological polar surface area (TPSA) is 59.2 Å². The molecular formula is C11H17N3OS. The Morgan fingerprint density at radius 3 is 2.88 bits per heavy atom. The first-order valence-corrected chi connectivity index (χ1v) is 6.40. The number of aryl methyl sites for hydroxylation is 1. The average molecular weight is 239 g/mol. The standard InChI is InChI=1S/C11H17N3OS/c1-7-13-9(6-16-7)11(15)14(2)10(5-12)8-3-4-8/h6,8,10H,3-5,12H2,1-2H3. The van der Waals surface area contributed by atoms with Crippen molar-refractivity contribution in [3.05, 3.63) is 16.1 Å². The van der Waals surface area contributed by atoms with Crippen molar-refractivity contribution in [2.75, 3.05) is 13.6 Å². The van der Waals surface area contributed by atoms with E-state index in [0.717, 1.165) is 5.01 Å². The maximum Gasteiger partial charge on any atom is 0.273 e. The Labute approximate surface area is 99.5 Å². The van der Waals surface area contributed by atoms with Gasteiger partial charge in [-0.1, -0.05) is 0 Å². The van der Waals surface area contributed by atoms with Crippen molar-refractivity contribution in [1.82, 2.24) is 9.88 Å². The molecule has 1 atom stereocenters. The fourth-order valence-corrected chi connectivity index (χ4v) is 2.53. The van der Waals surface area contributed by atoms with E-state index in [1.54, 1.807) is 4.90 Å². The van der Waals surface area contributed by atoms with Crippen LogP contribution in [0.15, 0.2) is 5.38 Å². The summed E-state index contributed by atoms with van der Waals surface area (Å²) in [4.78, 5) is 18.1. The monoisotopic (exact) mass is 239 g/mol. The molecule has 1 unspecified atom stereocenters. The van der Waals surface area contributed by atoms with Crippen LogP contribution in [0.25, 0.3) is 0 Å². The Hall–Kier alpha value is -0.940. The molecule has 0 radical (unpaired) electrons. The molecule has 1 heterocycles. The summed E-state index contributed by atoms with van der Waals surface area (Å²) >= 11 is 1.50. The van der Waals surface area contributed by atoms with E-state index in [2.05, 4.69) is 4.98 Å². The van der Waals surface area contributed by atoms with Gasteiger partial charge >= 0.3 is 0 Å². The molecule has 1 saturated carbocycles. The molecule has 1 aromatic heterocycles. The molecule has 2 N–H and O–H groups in total. The molecular weight excluding hydrogens is 222 g/mol. The van der Waals surface area contributed by atoms with Gasteiger partial charge < -0.3 is 10.6 Å². The van der Waals surface area contributed by atoms with Crippen LogP contribution >= 0.6 is 11.3 Å². The minimum atomic E-state index is -0.00769. The van der Waals surface area contributed by atoms with Crippen LogP contribution in [0.4, 0.5) is 0 Å². The summed E-state index contributed by atoms with van der Waals surface area (Å²) in [6.07, 6.45) is 2.38. The SMILES string of the molecule is Cc1nc(C(=O)N(C)C(CN)C2CC2)cs1. The van der Waals surface area contributed by atoms with Gasteiger partial charge in [0.15, 0.2) is 0 Å². The number of carbonyl (C=O) groups is 1. The number of hydrogen-bond acceptors (Lipinski definition) is 4. The lowest BCUT2D eigenvalue weighted by Gasteiger charge is -2.26. The maximum atomic E-state index is 12.1. The molecule has 1 fully saturated rings. The van der Waals surface area contributed by atoms with Gasteiger partial charge in [-0.2, -0.15) is 0 Å². The first-order valence-electron chi connectivity index (χ1n) is 5.53. The number of carbonyl (C=O) groups excluding carboxylic acids is 1. The van der Waals surface area contributed by atoms with Crippen LogP contribution in [0.3, 0.4) is 0 Å². The fourth-order valence-electron chi connectivity index (χ4n) is 1.94. The quantitative estimate of drug-likeness (QED) is 0.860. The van der Waals surface area contributed by atoms with E-state index in [-0.39, 0.29) is 11.9 Å². The molecule has 1 amide bonds. The molecule has 0 aromatic carbocycles. The van der Waals surface area contributed by atoms with Gasteiger partial charge in [0.1, 0.15) is 5.69 Å². The Kier molecular flexibility index (Phi) is 3.25. The second-order valence-corrected chi connectivity index (χ2v) is 5.37. The second kappa shape index (κ2) is 4.51. The third-order valence-corrected chi connectivity index (χ3v) is 3.84. The van der Waals surface area contributed by atoms with Crippen molar-refractivity contribution >= 4 is 17.2 Å². The van der Waals surface area contributed by atoms with E-state index in [9.17, 15) is 4.79 Å². The summed E-state index contributed by atoms with van der Waals surface area (Å²) in [5.74, 6) is 0.588. The summed E-state index contributed by atoms with van der Waals surface area (Å²) in [5, 5.41) is 2.74. The summed E-state index contributed by atoms with van der Waals surface area (Å²) in [6.45, 7) is 2.44. The number of nitrogens with two attached hydrogens (primary N) is 1. The summed E-state index contributed by atoms with van der Waals surface area (Å²) in [6, 6.07) is 0.175. The van der Waals surface area contributed by atoms with Gasteiger partial charge in [0.25, 0.3) is 5.91 Å². The normalized spacial score (nSPS) is 17.2. The van der Waals surface area contributed by atoms with E-state index < -0.39 is 0 Å². The van der Waals surface area contributed by atoms with Crippen molar-refractivity contribution in [3.63, 3.8) is 0 Å². The predicted octanol–water partition coefficient (Wildman–Crippen LogP) is 1.26. The molecule has 1 aliphatic carbocycles. The van der Waals surface area contributed by atoms with Crippen molar-refractivity contribution in [3.8, 4) is 0 Å². The van der Waals surface area contributed by atoms with E-state index in [1.165, 1.54) is 24.2 Å². The smallest absolute Gasteiger partial charge is 0.273 e. The number of nitrogens with zero attached hydrogens (tertiary/aromatic N) is 2. The largest absolute Gasteiger partial charge is 0.336 e. The predicted molar refractivity (Wildman–Crippen MR) is 64.5 cm³/mol. The number of likely N-dealkylation sites (N-methyl/N-ethyl adjacent to an activating group) is 1. The molecule has 0 spiro atoms. The zero-order valence-corrected chi connectivity index (χ0v) is 10.5. The summed E-state index contributed by atoms with van der Waals surface area (Å²) < 4.78 is 0. The number of aromatic nitrogens is 1. The Bertz CT molecular complexity index is 386. The van der Waals surface area contributed by atoms with Crippen LogP contribution in [-0.4, -0.2) is 35.4 Å². The number of rotatable bonds is 4. The van der Waals surface area contributed by atoms with Crippen LogP contribution in [0.2, 0.25) is 0 Å². The highest BCUT2D eigenvalue weighted by Gasteiger charge is 2.35. The van der Waals surface area contributed by atoms with Crippen molar-refractivity contribution < 1.29 is 4.79 Å². The molecule has 1 aliphatic rings. The Morgan fingerprint density at radius 2 is 2.44 bits per heavy atom. The van der Waals surface area contributed by atoms with E-state index in [0.29, 0.717) is 18.2 Å². The lowest BCUT2D eigenvalue weighted by Crippen LogP contribution is -2.43. The van der Waals surface area contributed by atoms with E-state index in [4.69, 9.17) is 5.73 Å². The Morgan fingerprint density at radius 1 is 1.75 bits per heavy atom. The maximum absolute atomic E-state index is 12.1. The number of thiazole rings is 1. The summed E-state index contributed by atoms with van der Waals surface area (Å²) in [7, 11) is 1.83. The van der Waals surface area contributed by atoms with Crippen LogP contribution in [-0.2, 0) is 0 Å². The van der Waals surface area contributed by atoms with E-state index >= 15 is 0 Å². The lowest BCUT2D eigenvalue weighted by molar-refractivity contribution is 0.0713. The van der Waals surface area contributed by atoms with Crippen LogP contribution in [0.1, 0.15) is 28.3 Å². The van der Waals surface area contributed by atoms with Gasteiger partial charge in [-0.3, -0.25) is 4.79 Å². The number of amides is 1. The molecule has 0 aliphatic heterocycles. The second-order valence-electron chi connectivity index (χ2n) is 4.31. The first-order chi connectivity index (χ1) is 7.63. The molecule has 0 bridgehead atoms. The molecule has 0 saturated heterocycles. The van der Waals surface area contributed by atoms with Crippen molar-refractivity contribution in [2.45, 2.75) is 25.8 Å². The molecule has 5 heteroatoms. The zero-order valence-electron chi connectivity index (χ0n) is 9.64. The minimum absolute atomic E-state index is 0.00769. The fraction of sp³-hybridized carbons (Fsp3) is 0.636. The van der Waals surface area contributed by atoms with Gasteiger partial charge in [0, 0.05) is 25.0 Å². The molecule has 2 rings (SSSR count). The third kappa shape index (κ3) is 2.25. The summed E-state index contributed by atoms with van der Waals surface area (Å²) in [5.41, 5.74) is 6.27. The van der Waals surface area contributed by atoms with Crippen molar-refractivity contribution in [2.24, 2.45) is 11.7 Å². The zero-order chi connectivity index (χ0) is 11.7. The van der Waals surface area contributed by atoms with Gasteiger partial charge in [0.05, 0.1) is 5.01 Å². The molecule has 4 nitrogen and oxygen atoms in total. The van der Waals surface area contributed by atoms with Gasteiger partial charge in [-0.25, -0.2) is 4.98 Å². The number of hydrogen-bond donors (Lipinski definition) is 1. The molecule has 88 valence electrons. The Balaban J connectivity index is 2.08. The van der Waals surface area contributed by atoms with Gasteiger partial charge in [-0.05, 0) is 25.7 Å². The van der Waals surface area contributed by atoms with Crippen LogP contribution in [0, 0.1) is 12.8 Å². The van der Waals surface area contributed by atoms with E-state index in [1.807, 2.05) is 19.4 Å². The highest BCUT2D eigenvalue weighted by atomic mass is 32.1. The van der Waals surface area contributed by atoms with Crippen LogP contribution < -0.4 is 5.73 Å².